The third-order valence-electron chi connectivity index (χ3n) is 4.27. The summed E-state index contributed by atoms with van der Waals surface area (Å²) in [6.45, 7) is 1.34. The summed E-state index contributed by atoms with van der Waals surface area (Å²) in [5.74, 6) is -3.52. The van der Waals surface area contributed by atoms with Crippen LogP contribution in [0, 0.1) is 5.21 Å². The molecule has 9 nitrogen and oxygen atoms in total. The number of nitrogens with zero attached hydrogens (tertiary/aromatic N) is 1. The quantitative estimate of drug-likeness (QED) is 0.334. The molecule has 144 valence electrons. The fourth-order valence-electron chi connectivity index (χ4n) is 2.90. The Kier molecular flexibility index (Phi) is 5.32. The fourth-order valence-corrected chi connectivity index (χ4v) is 2.90. The van der Waals surface area contributed by atoms with E-state index in [1.54, 1.807) is 12.1 Å². The van der Waals surface area contributed by atoms with Gasteiger partial charge in [-0.25, -0.2) is 4.79 Å². The predicted molar refractivity (Wildman–Crippen MR) is 95.5 cm³/mol. The van der Waals surface area contributed by atoms with Crippen molar-refractivity contribution in [1.29, 1.82) is 0 Å². The predicted octanol–water partition coefficient (Wildman–Crippen LogP) is 1.87. The molecule has 9 heteroatoms. The number of fused-ring (bicyclic) bond motifs is 1. The van der Waals surface area contributed by atoms with Gasteiger partial charge in [0.15, 0.2) is 11.9 Å². The molecule has 28 heavy (non-hydrogen) atoms. The lowest BCUT2D eigenvalue weighted by Crippen LogP contribution is -2.45. The third-order valence-corrected chi connectivity index (χ3v) is 4.27. The van der Waals surface area contributed by atoms with Gasteiger partial charge in [0.1, 0.15) is 6.04 Å². The van der Waals surface area contributed by atoms with E-state index in [1.807, 2.05) is 0 Å². The third kappa shape index (κ3) is 3.67. The van der Waals surface area contributed by atoms with Crippen molar-refractivity contribution in [2.24, 2.45) is 0 Å². The molecule has 2 atom stereocenters. The Hall–Kier alpha value is -3.40. The number of ketones is 2. The number of hydroxylamine groups is 2. The van der Waals surface area contributed by atoms with Crippen LogP contribution in [0.2, 0.25) is 0 Å². The molecule has 1 aliphatic rings. The highest BCUT2D eigenvalue weighted by Crippen LogP contribution is 2.35. The number of carbonyl (C=O) groups is 4. The summed E-state index contributed by atoms with van der Waals surface area (Å²) >= 11 is 0. The fraction of sp³-hybridized carbons (Fsp3) is 0.158. The minimum atomic E-state index is -1.98. The molecule has 0 spiro atoms. The number of rotatable bonds is 6. The van der Waals surface area contributed by atoms with Crippen LogP contribution in [0.15, 0.2) is 48.5 Å². The normalized spacial score (nSPS) is 16.3. The van der Waals surface area contributed by atoms with E-state index in [4.69, 9.17) is 4.74 Å². The number of nitrogens with one attached hydrogen (secondary N) is 1. The van der Waals surface area contributed by atoms with Gasteiger partial charge in [-0.15, -0.1) is 0 Å². The Morgan fingerprint density at radius 2 is 1.89 bits per heavy atom. The van der Waals surface area contributed by atoms with Crippen LogP contribution in [0.5, 0.6) is 0 Å². The molecule has 3 rings (SSSR count). The van der Waals surface area contributed by atoms with Gasteiger partial charge in [0.2, 0.25) is 5.78 Å². The molecule has 2 unspecified atom stereocenters. The molecular formula is C19H15N2O7-. The molecule has 0 saturated carbocycles. The number of hydrogen-bond acceptors (Lipinski definition) is 8. The molecule has 0 aliphatic carbocycles. The van der Waals surface area contributed by atoms with Gasteiger partial charge < -0.3 is 20.5 Å². The lowest BCUT2D eigenvalue weighted by Gasteiger charge is -2.32. The number of hydrogen-bond donors (Lipinski definition) is 2. The van der Waals surface area contributed by atoms with Crippen LogP contribution in [0.4, 0.5) is 5.69 Å². The summed E-state index contributed by atoms with van der Waals surface area (Å²) in [7, 11) is 0. The SMILES string of the molecule is CC(=O)c1cccc(NC(=O)C(=O)C(C2OC(=O)c3ccccc32)N([O-])O)c1. The van der Waals surface area contributed by atoms with Gasteiger partial charge in [0.25, 0.3) is 5.91 Å². The lowest BCUT2D eigenvalue weighted by atomic mass is 9.97. The van der Waals surface area contributed by atoms with E-state index >= 15 is 0 Å². The Bertz CT molecular complexity index is 970. The second-order valence-electron chi connectivity index (χ2n) is 6.12. The number of anilines is 1. The second kappa shape index (κ2) is 7.69. The van der Waals surface area contributed by atoms with Crippen molar-refractivity contribution in [3.05, 3.63) is 70.4 Å². The zero-order valence-electron chi connectivity index (χ0n) is 14.6. The Labute approximate surface area is 159 Å². The van der Waals surface area contributed by atoms with E-state index in [0.29, 0.717) is 5.56 Å². The number of amides is 1. The Morgan fingerprint density at radius 3 is 2.57 bits per heavy atom. The maximum Gasteiger partial charge on any atom is 0.339 e. The molecule has 2 aromatic carbocycles. The zero-order valence-corrected chi connectivity index (χ0v) is 14.6. The van der Waals surface area contributed by atoms with Crippen LogP contribution >= 0.6 is 0 Å². The number of ether oxygens (including phenoxy) is 1. The highest BCUT2D eigenvalue weighted by Gasteiger charge is 2.42. The number of carbonyl (C=O) groups excluding carboxylic acids is 4. The van der Waals surface area contributed by atoms with Crippen molar-refractivity contribution in [2.75, 3.05) is 5.32 Å². The van der Waals surface area contributed by atoms with Crippen molar-refractivity contribution < 1.29 is 29.1 Å². The molecule has 2 N–H and O–H groups in total. The van der Waals surface area contributed by atoms with Gasteiger partial charge in [-0.3, -0.25) is 19.6 Å². The summed E-state index contributed by atoms with van der Waals surface area (Å²) in [5, 5.41) is 22.6. The second-order valence-corrected chi connectivity index (χ2v) is 6.12. The van der Waals surface area contributed by atoms with Gasteiger partial charge >= 0.3 is 5.97 Å². The summed E-state index contributed by atoms with van der Waals surface area (Å²) in [6.07, 6.45) is -1.44. The monoisotopic (exact) mass is 383 g/mol. The maximum absolute atomic E-state index is 12.5. The standard InChI is InChI=1S/C19H15N2O7/c1-10(22)11-5-4-6-12(9-11)20-18(24)16(23)15(21(26)27)17-13-7-2-3-8-14(13)19(25)28-17/h2-9,15,17,26H,1H3,(H,20,24)/q-1. The molecule has 0 radical (unpaired) electrons. The van der Waals surface area contributed by atoms with Crippen molar-refractivity contribution in [3.8, 4) is 0 Å². The summed E-state index contributed by atoms with van der Waals surface area (Å²) < 4.78 is 5.04. The number of Topliss-reactive ketones (excluding diaryl/α,β-unsaturated/α-hetero) is 2. The molecule has 2 aromatic rings. The Morgan fingerprint density at radius 1 is 1.18 bits per heavy atom. The van der Waals surface area contributed by atoms with Gasteiger partial charge in [0, 0.05) is 16.8 Å². The highest BCUT2D eigenvalue weighted by molar-refractivity contribution is 6.42. The Balaban J connectivity index is 1.84. The number of cyclic esters (lactones) is 1. The minimum absolute atomic E-state index is 0.140. The maximum atomic E-state index is 12.5. The highest BCUT2D eigenvalue weighted by atomic mass is 16.8. The molecule has 1 aliphatic heterocycles. The number of benzene rings is 2. The first-order valence-corrected chi connectivity index (χ1v) is 8.21. The lowest BCUT2D eigenvalue weighted by molar-refractivity contribution is -0.156. The first-order valence-electron chi connectivity index (χ1n) is 8.21. The average molecular weight is 383 g/mol. The molecule has 0 fully saturated rings. The molecule has 0 bridgehead atoms. The van der Waals surface area contributed by atoms with Gasteiger partial charge in [-0.2, -0.15) is 0 Å². The summed E-state index contributed by atoms with van der Waals surface area (Å²) in [6, 6.07) is 9.91. The molecular weight excluding hydrogens is 368 g/mol. The van der Waals surface area contributed by atoms with Crippen molar-refractivity contribution in [3.63, 3.8) is 0 Å². The van der Waals surface area contributed by atoms with Gasteiger partial charge in [0.05, 0.1) is 5.56 Å². The molecule has 0 aromatic heterocycles. The molecule has 1 amide bonds. The molecule has 1 heterocycles. The number of esters is 1. The van der Waals surface area contributed by atoms with Crippen molar-refractivity contribution in [2.45, 2.75) is 19.1 Å². The van der Waals surface area contributed by atoms with Crippen molar-refractivity contribution in [1.82, 2.24) is 5.23 Å². The summed E-state index contributed by atoms with van der Waals surface area (Å²) in [5.41, 5.74) is 0.825. The average Bonchev–Trinajstić information content (AvgIpc) is 2.98. The van der Waals surface area contributed by atoms with E-state index in [-0.39, 0.29) is 22.6 Å². The van der Waals surface area contributed by atoms with Crippen LogP contribution in [-0.2, 0) is 14.3 Å². The molecule has 0 saturated heterocycles. The van der Waals surface area contributed by atoms with Crippen LogP contribution in [0.1, 0.15) is 39.3 Å². The van der Waals surface area contributed by atoms with Gasteiger partial charge in [-0.1, -0.05) is 30.3 Å². The topological polar surface area (TPSA) is 136 Å². The van der Waals surface area contributed by atoms with Crippen LogP contribution in [0.25, 0.3) is 0 Å². The van der Waals surface area contributed by atoms with Crippen LogP contribution in [-0.4, -0.2) is 39.9 Å². The summed E-state index contributed by atoms with van der Waals surface area (Å²) in [4.78, 5) is 48.2. The van der Waals surface area contributed by atoms with E-state index < -0.39 is 35.0 Å². The zero-order chi connectivity index (χ0) is 20.4. The van der Waals surface area contributed by atoms with E-state index in [2.05, 4.69) is 5.32 Å². The van der Waals surface area contributed by atoms with Crippen LogP contribution < -0.4 is 5.32 Å². The van der Waals surface area contributed by atoms with E-state index in [9.17, 15) is 29.6 Å². The first-order chi connectivity index (χ1) is 13.3. The van der Waals surface area contributed by atoms with Crippen LogP contribution in [0.3, 0.4) is 0 Å². The largest absolute Gasteiger partial charge is 0.762 e. The minimum Gasteiger partial charge on any atom is -0.762 e. The first kappa shape index (κ1) is 19.4. The smallest absolute Gasteiger partial charge is 0.339 e. The van der Waals surface area contributed by atoms with Crippen molar-refractivity contribution >= 4 is 29.1 Å². The van der Waals surface area contributed by atoms with E-state index in [0.717, 1.165) is 0 Å². The van der Waals surface area contributed by atoms with Gasteiger partial charge in [-0.05, 0) is 25.1 Å². The van der Waals surface area contributed by atoms with E-state index in [1.165, 1.54) is 43.3 Å².